The van der Waals surface area contributed by atoms with Gasteiger partial charge in [-0.3, -0.25) is 9.10 Å². The summed E-state index contributed by atoms with van der Waals surface area (Å²) in [6.07, 6.45) is 1.22. The van der Waals surface area contributed by atoms with Gasteiger partial charge in [0.25, 0.3) is 0 Å². The van der Waals surface area contributed by atoms with Crippen LogP contribution in [0.5, 0.6) is 0 Å². The molecule has 8 heteroatoms. The third-order valence-corrected chi connectivity index (χ3v) is 4.97. The highest BCUT2D eigenvalue weighted by Gasteiger charge is 2.31. The van der Waals surface area contributed by atoms with Gasteiger partial charge in [0.2, 0.25) is 15.9 Å². The van der Waals surface area contributed by atoms with Gasteiger partial charge in [-0.15, -0.1) is 0 Å². The molecule has 0 saturated heterocycles. The number of benzene rings is 2. The number of rotatable bonds is 6. The van der Waals surface area contributed by atoms with Crippen LogP contribution < -0.4 is 9.62 Å². The number of carbonyl (C=O) groups is 1. The predicted molar refractivity (Wildman–Crippen MR) is 97.9 cm³/mol. The normalized spacial score (nSPS) is 12.5. The maximum absolute atomic E-state index is 13.8. The molecule has 0 fully saturated rings. The monoisotopic (exact) mass is 384 g/mol. The van der Waals surface area contributed by atoms with Crippen molar-refractivity contribution in [1.29, 1.82) is 0 Å². The van der Waals surface area contributed by atoms with Crippen LogP contribution in [-0.2, 0) is 14.8 Å². The van der Waals surface area contributed by atoms with E-state index in [9.17, 15) is 17.6 Å². The summed E-state index contributed by atoms with van der Waals surface area (Å²) in [5.41, 5.74) is 0.304. The van der Waals surface area contributed by atoms with E-state index in [2.05, 4.69) is 5.32 Å². The van der Waals surface area contributed by atoms with Gasteiger partial charge >= 0.3 is 0 Å². The van der Waals surface area contributed by atoms with E-state index >= 15 is 0 Å². The van der Waals surface area contributed by atoms with Crippen molar-refractivity contribution in [2.45, 2.75) is 19.4 Å². The maximum Gasteiger partial charge on any atom is 0.248 e. The standard InChI is InChI=1S/C17H18ClFN2O3S/c1-3-16(17(22)20-15-7-5-4-6-14(15)19)21(25(2,23)24)13-10-8-12(18)9-11-13/h4-11,16H,3H2,1-2H3,(H,20,22)/t16-/m0/s1. The SMILES string of the molecule is CC[C@@H](C(=O)Nc1ccccc1F)N(c1ccc(Cl)cc1)S(C)(=O)=O. The molecule has 2 aromatic rings. The van der Waals surface area contributed by atoms with Crippen LogP contribution in [0.25, 0.3) is 0 Å². The molecule has 0 aliphatic rings. The fourth-order valence-corrected chi connectivity index (χ4v) is 3.76. The van der Waals surface area contributed by atoms with Gasteiger partial charge in [0, 0.05) is 5.02 Å². The number of anilines is 2. The van der Waals surface area contributed by atoms with E-state index in [0.717, 1.165) is 10.6 Å². The molecular formula is C17H18ClFN2O3S. The Bertz CT molecular complexity index is 856. The number of carbonyl (C=O) groups excluding carboxylic acids is 1. The summed E-state index contributed by atoms with van der Waals surface area (Å²) in [6.45, 7) is 1.68. The van der Waals surface area contributed by atoms with Gasteiger partial charge < -0.3 is 5.32 Å². The number of para-hydroxylation sites is 1. The molecule has 0 aromatic heterocycles. The number of amides is 1. The average molecular weight is 385 g/mol. The maximum atomic E-state index is 13.8. The van der Waals surface area contributed by atoms with Crippen molar-refractivity contribution in [2.75, 3.05) is 15.9 Å². The topological polar surface area (TPSA) is 66.5 Å². The molecule has 2 rings (SSSR count). The highest BCUT2D eigenvalue weighted by molar-refractivity contribution is 7.92. The predicted octanol–water partition coefficient (Wildman–Crippen LogP) is 3.66. The second-order valence-electron chi connectivity index (χ2n) is 5.43. The number of sulfonamides is 1. The molecule has 0 aliphatic carbocycles. The fourth-order valence-electron chi connectivity index (χ4n) is 2.43. The molecule has 134 valence electrons. The second kappa shape index (κ2) is 7.84. The molecule has 0 spiro atoms. The lowest BCUT2D eigenvalue weighted by molar-refractivity contribution is -0.117. The Morgan fingerprint density at radius 3 is 2.32 bits per heavy atom. The van der Waals surface area contributed by atoms with E-state index in [4.69, 9.17) is 11.6 Å². The Morgan fingerprint density at radius 1 is 1.20 bits per heavy atom. The van der Waals surface area contributed by atoms with Crippen LogP contribution in [0.15, 0.2) is 48.5 Å². The van der Waals surface area contributed by atoms with Crippen molar-refractivity contribution in [1.82, 2.24) is 0 Å². The molecule has 1 atom stereocenters. The molecule has 1 N–H and O–H groups in total. The number of nitrogens with zero attached hydrogens (tertiary/aromatic N) is 1. The summed E-state index contributed by atoms with van der Waals surface area (Å²) in [4.78, 5) is 12.6. The first kappa shape index (κ1) is 19.2. The molecule has 25 heavy (non-hydrogen) atoms. The molecule has 0 radical (unpaired) electrons. The van der Waals surface area contributed by atoms with Crippen molar-refractivity contribution < 1.29 is 17.6 Å². The fraction of sp³-hybridized carbons (Fsp3) is 0.235. The first-order valence-electron chi connectivity index (χ1n) is 7.54. The van der Waals surface area contributed by atoms with Gasteiger partial charge in [-0.05, 0) is 42.8 Å². The second-order valence-corrected chi connectivity index (χ2v) is 7.72. The zero-order valence-corrected chi connectivity index (χ0v) is 15.3. The molecule has 0 bridgehead atoms. The van der Waals surface area contributed by atoms with Crippen LogP contribution in [0, 0.1) is 5.82 Å². The van der Waals surface area contributed by atoms with E-state index in [0.29, 0.717) is 10.7 Å². The molecule has 2 aromatic carbocycles. The van der Waals surface area contributed by atoms with Crippen molar-refractivity contribution >= 4 is 38.9 Å². The summed E-state index contributed by atoms with van der Waals surface area (Å²) in [5.74, 6) is -1.21. The minimum Gasteiger partial charge on any atom is -0.322 e. The Kier molecular flexibility index (Phi) is 6.02. The number of hydrogen-bond acceptors (Lipinski definition) is 3. The van der Waals surface area contributed by atoms with E-state index < -0.39 is 27.8 Å². The first-order valence-corrected chi connectivity index (χ1v) is 9.77. The van der Waals surface area contributed by atoms with Gasteiger partial charge in [0.05, 0.1) is 17.6 Å². The molecule has 0 heterocycles. The summed E-state index contributed by atoms with van der Waals surface area (Å²) in [5, 5.41) is 2.89. The largest absolute Gasteiger partial charge is 0.322 e. The van der Waals surface area contributed by atoms with E-state index in [1.54, 1.807) is 13.0 Å². The van der Waals surface area contributed by atoms with Crippen LogP contribution >= 0.6 is 11.6 Å². The third kappa shape index (κ3) is 4.70. The summed E-state index contributed by atoms with van der Waals surface area (Å²) in [7, 11) is -3.75. The molecule has 0 saturated carbocycles. The van der Waals surface area contributed by atoms with Crippen molar-refractivity contribution in [2.24, 2.45) is 0 Å². The minimum atomic E-state index is -3.75. The molecule has 1 amide bonds. The minimum absolute atomic E-state index is 0.00416. The summed E-state index contributed by atoms with van der Waals surface area (Å²) in [6, 6.07) is 10.8. The van der Waals surface area contributed by atoms with Gasteiger partial charge in [-0.1, -0.05) is 30.7 Å². The zero-order valence-electron chi connectivity index (χ0n) is 13.7. The van der Waals surface area contributed by atoms with E-state index in [-0.39, 0.29) is 12.1 Å². The Hall–Kier alpha value is -2.12. The lowest BCUT2D eigenvalue weighted by Gasteiger charge is -2.30. The van der Waals surface area contributed by atoms with Crippen molar-refractivity contribution in [3.05, 3.63) is 59.4 Å². The van der Waals surface area contributed by atoms with Crippen LogP contribution in [0.3, 0.4) is 0 Å². The van der Waals surface area contributed by atoms with Crippen molar-refractivity contribution in [3.63, 3.8) is 0 Å². The number of hydrogen-bond donors (Lipinski definition) is 1. The smallest absolute Gasteiger partial charge is 0.248 e. The zero-order chi connectivity index (χ0) is 18.6. The van der Waals surface area contributed by atoms with Crippen LogP contribution in [0.1, 0.15) is 13.3 Å². The highest BCUT2D eigenvalue weighted by atomic mass is 35.5. The number of halogens is 2. The molecule has 0 unspecified atom stereocenters. The van der Waals surface area contributed by atoms with Crippen molar-refractivity contribution in [3.8, 4) is 0 Å². The van der Waals surface area contributed by atoms with Crippen LogP contribution in [-0.4, -0.2) is 26.6 Å². The van der Waals surface area contributed by atoms with Gasteiger partial charge in [0.15, 0.2) is 0 Å². The molecular weight excluding hydrogens is 367 g/mol. The quantitative estimate of drug-likeness (QED) is 0.826. The molecule has 0 aliphatic heterocycles. The number of nitrogens with one attached hydrogen (secondary N) is 1. The molecule has 5 nitrogen and oxygen atoms in total. The lowest BCUT2D eigenvalue weighted by atomic mass is 10.1. The highest BCUT2D eigenvalue weighted by Crippen LogP contribution is 2.25. The Balaban J connectivity index is 2.38. The van der Waals surface area contributed by atoms with Gasteiger partial charge in [0.1, 0.15) is 11.9 Å². The lowest BCUT2D eigenvalue weighted by Crippen LogP contribution is -2.47. The Labute approximate surface area is 151 Å². The van der Waals surface area contributed by atoms with Gasteiger partial charge in [-0.2, -0.15) is 0 Å². The Morgan fingerprint density at radius 2 is 1.80 bits per heavy atom. The van der Waals surface area contributed by atoms with Crippen LogP contribution in [0.4, 0.5) is 15.8 Å². The summed E-state index contributed by atoms with van der Waals surface area (Å²) < 4.78 is 39.3. The van der Waals surface area contributed by atoms with E-state index in [1.165, 1.54) is 42.5 Å². The third-order valence-electron chi connectivity index (χ3n) is 3.54. The summed E-state index contributed by atoms with van der Waals surface area (Å²) >= 11 is 5.84. The first-order chi connectivity index (χ1) is 11.7. The van der Waals surface area contributed by atoms with E-state index in [1.807, 2.05) is 0 Å². The van der Waals surface area contributed by atoms with Gasteiger partial charge in [-0.25, -0.2) is 12.8 Å². The van der Waals surface area contributed by atoms with Crippen LogP contribution in [0.2, 0.25) is 5.02 Å². The average Bonchev–Trinajstić information content (AvgIpc) is 2.54.